The highest BCUT2D eigenvalue weighted by Crippen LogP contribution is 2.15. The summed E-state index contributed by atoms with van der Waals surface area (Å²) in [6.07, 6.45) is 3.37. The van der Waals surface area contributed by atoms with Crippen molar-refractivity contribution in [3.05, 3.63) is 24.0 Å². The fourth-order valence-corrected chi connectivity index (χ4v) is 2.30. The number of carbonyl (C=O) groups excluding carboxylic acids is 2. The Balaban J connectivity index is 1.85. The predicted octanol–water partition coefficient (Wildman–Crippen LogP) is 0.126. The lowest BCUT2D eigenvalue weighted by molar-refractivity contribution is -0.118. The number of amides is 2. The number of carbonyl (C=O) groups is 2. The first-order valence-electron chi connectivity index (χ1n) is 7.42. The van der Waals surface area contributed by atoms with Crippen LogP contribution in [-0.4, -0.2) is 68.6 Å². The SMILES string of the molecule is COCCCNC(=O)c1ccc(N2CCN(C=O)CC2)cn1. The number of hydrogen-bond acceptors (Lipinski definition) is 5. The summed E-state index contributed by atoms with van der Waals surface area (Å²) >= 11 is 0. The van der Waals surface area contributed by atoms with Crippen LogP contribution in [0.25, 0.3) is 0 Å². The number of hydrogen-bond donors (Lipinski definition) is 1. The molecular weight excluding hydrogens is 284 g/mol. The van der Waals surface area contributed by atoms with Gasteiger partial charge in [0.15, 0.2) is 0 Å². The van der Waals surface area contributed by atoms with Gasteiger partial charge in [0.1, 0.15) is 5.69 Å². The molecule has 2 heterocycles. The topological polar surface area (TPSA) is 74.8 Å². The number of ether oxygens (including phenoxy) is 1. The number of nitrogens with zero attached hydrogens (tertiary/aromatic N) is 3. The van der Waals surface area contributed by atoms with E-state index in [4.69, 9.17) is 4.74 Å². The third-order valence-electron chi connectivity index (χ3n) is 3.62. The Bertz CT molecular complexity index is 484. The van der Waals surface area contributed by atoms with Gasteiger partial charge < -0.3 is 19.9 Å². The maximum Gasteiger partial charge on any atom is 0.269 e. The van der Waals surface area contributed by atoms with Crippen LogP contribution in [0.4, 0.5) is 5.69 Å². The summed E-state index contributed by atoms with van der Waals surface area (Å²) in [7, 11) is 1.64. The van der Waals surface area contributed by atoms with Crippen LogP contribution in [0.1, 0.15) is 16.9 Å². The van der Waals surface area contributed by atoms with Crippen LogP contribution in [-0.2, 0) is 9.53 Å². The lowest BCUT2D eigenvalue weighted by atomic mass is 10.2. The summed E-state index contributed by atoms with van der Waals surface area (Å²) in [5.74, 6) is -0.173. The highest BCUT2D eigenvalue weighted by Gasteiger charge is 2.16. The molecular formula is C15H22N4O3. The molecule has 2 rings (SSSR count). The maximum atomic E-state index is 11.9. The molecule has 2 amide bonds. The van der Waals surface area contributed by atoms with E-state index in [0.717, 1.165) is 31.6 Å². The Kier molecular flexibility index (Phi) is 6.14. The molecule has 0 bridgehead atoms. The van der Waals surface area contributed by atoms with Crippen molar-refractivity contribution in [1.29, 1.82) is 0 Å². The van der Waals surface area contributed by atoms with Gasteiger partial charge in [-0.3, -0.25) is 9.59 Å². The van der Waals surface area contributed by atoms with E-state index in [-0.39, 0.29) is 5.91 Å². The zero-order valence-corrected chi connectivity index (χ0v) is 12.8. The molecule has 0 saturated carbocycles. The van der Waals surface area contributed by atoms with Crippen molar-refractivity contribution in [2.45, 2.75) is 6.42 Å². The number of pyridine rings is 1. The molecule has 0 aromatic carbocycles. The van der Waals surface area contributed by atoms with E-state index >= 15 is 0 Å². The van der Waals surface area contributed by atoms with Gasteiger partial charge in [-0.1, -0.05) is 0 Å². The fourth-order valence-electron chi connectivity index (χ4n) is 2.30. The molecule has 1 fully saturated rings. The van der Waals surface area contributed by atoms with E-state index in [1.807, 2.05) is 6.07 Å². The standard InChI is InChI=1S/C15H22N4O3/c1-22-10-2-5-16-15(21)14-4-3-13(11-17-14)19-8-6-18(12-20)7-9-19/h3-4,11-12H,2,5-10H2,1H3,(H,16,21). The molecule has 0 aliphatic carbocycles. The van der Waals surface area contributed by atoms with E-state index in [2.05, 4.69) is 15.2 Å². The van der Waals surface area contributed by atoms with E-state index in [1.54, 1.807) is 24.3 Å². The van der Waals surface area contributed by atoms with Gasteiger partial charge in [-0.25, -0.2) is 4.98 Å². The smallest absolute Gasteiger partial charge is 0.269 e. The number of piperazine rings is 1. The van der Waals surface area contributed by atoms with Crippen molar-refractivity contribution in [2.75, 3.05) is 51.3 Å². The van der Waals surface area contributed by atoms with Gasteiger partial charge in [0.05, 0.1) is 11.9 Å². The average molecular weight is 306 g/mol. The first-order chi connectivity index (χ1) is 10.7. The van der Waals surface area contributed by atoms with E-state index in [0.29, 0.717) is 31.9 Å². The Morgan fingerprint density at radius 2 is 2.14 bits per heavy atom. The molecule has 1 saturated heterocycles. The maximum absolute atomic E-state index is 11.9. The van der Waals surface area contributed by atoms with Crippen LogP contribution in [0.3, 0.4) is 0 Å². The van der Waals surface area contributed by atoms with Gasteiger partial charge >= 0.3 is 0 Å². The summed E-state index contributed by atoms with van der Waals surface area (Å²) < 4.78 is 4.93. The van der Waals surface area contributed by atoms with Crippen molar-refractivity contribution in [1.82, 2.24) is 15.2 Å². The Hall–Kier alpha value is -2.15. The zero-order valence-electron chi connectivity index (χ0n) is 12.8. The second-order valence-corrected chi connectivity index (χ2v) is 5.13. The Morgan fingerprint density at radius 3 is 2.73 bits per heavy atom. The predicted molar refractivity (Wildman–Crippen MR) is 82.9 cm³/mol. The summed E-state index contributed by atoms with van der Waals surface area (Å²) in [5.41, 5.74) is 1.38. The van der Waals surface area contributed by atoms with Gasteiger partial charge in [-0.05, 0) is 18.6 Å². The third kappa shape index (κ3) is 4.42. The molecule has 120 valence electrons. The first-order valence-corrected chi connectivity index (χ1v) is 7.42. The minimum atomic E-state index is -0.173. The summed E-state index contributed by atoms with van der Waals surface area (Å²) in [5, 5.41) is 2.81. The van der Waals surface area contributed by atoms with Crippen LogP contribution in [0.2, 0.25) is 0 Å². The number of nitrogens with one attached hydrogen (secondary N) is 1. The largest absolute Gasteiger partial charge is 0.385 e. The molecule has 0 spiro atoms. The molecule has 1 aromatic rings. The summed E-state index contributed by atoms with van der Waals surface area (Å²) in [6, 6.07) is 3.63. The second kappa shape index (κ2) is 8.33. The molecule has 7 heteroatoms. The molecule has 1 N–H and O–H groups in total. The van der Waals surface area contributed by atoms with E-state index in [1.165, 1.54) is 0 Å². The first kappa shape index (κ1) is 16.2. The van der Waals surface area contributed by atoms with Crippen molar-refractivity contribution in [3.8, 4) is 0 Å². The monoisotopic (exact) mass is 306 g/mol. The van der Waals surface area contributed by atoms with E-state index in [9.17, 15) is 9.59 Å². The van der Waals surface area contributed by atoms with Gasteiger partial charge in [-0.15, -0.1) is 0 Å². The highest BCUT2D eigenvalue weighted by molar-refractivity contribution is 5.92. The molecule has 7 nitrogen and oxygen atoms in total. The quantitative estimate of drug-likeness (QED) is 0.572. The van der Waals surface area contributed by atoms with Crippen molar-refractivity contribution < 1.29 is 14.3 Å². The van der Waals surface area contributed by atoms with Gasteiger partial charge in [-0.2, -0.15) is 0 Å². The molecule has 1 aromatic heterocycles. The van der Waals surface area contributed by atoms with Crippen LogP contribution in [0.5, 0.6) is 0 Å². The number of anilines is 1. The van der Waals surface area contributed by atoms with Crippen LogP contribution in [0, 0.1) is 0 Å². The van der Waals surface area contributed by atoms with Crippen molar-refractivity contribution >= 4 is 18.0 Å². The number of aromatic nitrogens is 1. The lowest BCUT2D eigenvalue weighted by Crippen LogP contribution is -2.45. The molecule has 0 unspecified atom stereocenters. The fraction of sp³-hybridized carbons (Fsp3) is 0.533. The third-order valence-corrected chi connectivity index (χ3v) is 3.62. The zero-order chi connectivity index (χ0) is 15.8. The Morgan fingerprint density at radius 1 is 1.36 bits per heavy atom. The highest BCUT2D eigenvalue weighted by atomic mass is 16.5. The minimum absolute atomic E-state index is 0.173. The van der Waals surface area contributed by atoms with Crippen LogP contribution in [0.15, 0.2) is 18.3 Å². The summed E-state index contributed by atoms with van der Waals surface area (Å²) in [4.78, 5) is 30.7. The molecule has 1 aliphatic rings. The average Bonchev–Trinajstić information content (AvgIpc) is 2.59. The second-order valence-electron chi connectivity index (χ2n) is 5.13. The van der Waals surface area contributed by atoms with Crippen LogP contribution < -0.4 is 10.2 Å². The van der Waals surface area contributed by atoms with Gasteiger partial charge in [0.25, 0.3) is 5.91 Å². The molecule has 22 heavy (non-hydrogen) atoms. The van der Waals surface area contributed by atoms with Crippen molar-refractivity contribution in [3.63, 3.8) is 0 Å². The molecule has 0 radical (unpaired) electrons. The molecule has 1 aliphatic heterocycles. The van der Waals surface area contributed by atoms with Gasteiger partial charge in [0.2, 0.25) is 6.41 Å². The van der Waals surface area contributed by atoms with E-state index < -0.39 is 0 Å². The van der Waals surface area contributed by atoms with Gasteiger partial charge in [0, 0.05) is 46.4 Å². The number of methoxy groups -OCH3 is 1. The number of rotatable bonds is 7. The minimum Gasteiger partial charge on any atom is -0.385 e. The lowest BCUT2D eigenvalue weighted by Gasteiger charge is -2.33. The summed E-state index contributed by atoms with van der Waals surface area (Å²) in [6.45, 7) is 4.19. The normalized spacial score (nSPS) is 14.8. The van der Waals surface area contributed by atoms with Crippen LogP contribution >= 0.6 is 0 Å². The van der Waals surface area contributed by atoms with Crippen molar-refractivity contribution in [2.24, 2.45) is 0 Å². The molecule has 0 atom stereocenters. The Labute approximate surface area is 130 Å².